The molecule has 0 saturated heterocycles. The predicted molar refractivity (Wildman–Crippen MR) is 110 cm³/mol. The van der Waals surface area contributed by atoms with Crippen LogP contribution in [0.1, 0.15) is 22.8 Å². The third kappa shape index (κ3) is 4.64. The Bertz CT molecular complexity index is 1050. The molecule has 0 saturated carbocycles. The van der Waals surface area contributed by atoms with Crippen LogP contribution in [0.2, 0.25) is 0 Å². The molecule has 140 valence electrons. The fraction of sp³-hybridized carbons (Fsp3) is 0.0952. The lowest BCUT2D eigenvalue weighted by atomic mass is 10.2. The lowest BCUT2D eigenvalue weighted by molar-refractivity contribution is 0.518. The minimum atomic E-state index is 0.535. The second-order valence-electron chi connectivity index (χ2n) is 6.23. The lowest BCUT2D eigenvalue weighted by Crippen LogP contribution is -2.05. The molecule has 7 heteroatoms. The molecule has 1 aromatic carbocycles. The van der Waals surface area contributed by atoms with Crippen LogP contribution in [0.15, 0.2) is 65.3 Å². The van der Waals surface area contributed by atoms with Gasteiger partial charge in [0.2, 0.25) is 0 Å². The van der Waals surface area contributed by atoms with Gasteiger partial charge in [-0.05, 0) is 30.7 Å². The number of H-pyrrole nitrogens is 1. The molecule has 28 heavy (non-hydrogen) atoms. The number of aryl methyl sites for hydroxylation is 1. The number of furan rings is 1. The number of hydrogen-bond donors (Lipinski definition) is 3. The number of hydrogen-bond acceptors (Lipinski definition) is 6. The van der Waals surface area contributed by atoms with E-state index in [2.05, 4.69) is 30.8 Å². The summed E-state index contributed by atoms with van der Waals surface area (Å²) in [7, 11) is 0. The molecule has 0 amide bonds. The van der Waals surface area contributed by atoms with Crippen molar-refractivity contribution in [2.45, 2.75) is 13.5 Å². The molecule has 4 rings (SSSR count). The van der Waals surface area contributed by atoms with Gasteiger partial charge in [0.05, 0.1) is 12.8 Å². The molecule has 0 aliphatic carbocycles. The van der Waals surface area contributed by atoms with Crippen LogP contribution >= 0.6 is 0 Å². The number of rotatable bonds is 7. The lowest BCUT2D eigenvalue weighted by Gasteiger charge is -2.08. The smallest absolute Gasteiger partial charge is 0.156 e. The van der Waals surface area contributed by atoms with Crippen molar-refractivity contribution >= 4 is 29.6 Å². The molecular weight excluding hydrogens is 352 g/mol. The van der Waals surface area contributed by atoms with E-state index >= 15 is 0 Å². The first-order valence-electron chi connectivity index (χ1n) is 8.92. The second kappa shape index (κ2) is 8.22. The summed E-state index contributed by atoms with van der Waals surface area (Å²) in [6.45, 7) is 2.48. The van der Waals surface area contributed by atoms with Gasteiger partial charge in [-0.25, -0.2) is 9.97 Å². The van der Waals surface area contributed by atoms with Crippen LogP contribution in [0.5, 0.6) is 0 Å². The fourth-order valence-electron chi connectivity index (χ4n) is 2.63. The number of aromatic nitrogens is 4. The Kier molecular flexibility index (Phi) is 5.15. The molecule has 7 nitrogen and oxygen atoms in total. The van der Waals surface area contributed by atoms with Gasteiger partial charge >= 0.3 is 0 Å². The summed E-state index contributed by atoms with van der Waals surface area (Å²) in [6.07, 6.45) is 5.51. The van der Waals surface area contributed by atoms with Crippen molar-refractivity contribution in [3.05, 3.63) is 83.7 Å². The van der Waals surface area contributed by atoms with Crippen molar-refractivity contribution in [3.63, 3.8) is 0 Å². The Morgan fingerprint density at radius 3 is 2.57 bits per heavy atom. The van der Waals surface area contributed by atoms with E-state index in [9.17, 15) is 0 Å². The summed E-state index contributed by atoms with van der Waals surface area (Å²) >= 11 is 0. The Morgan fingerprint density at radius 2 is 1.82 bits per heavy atom. The summed E-state index contributed by atoms with van der Waals surface area (Å²) < 4.78 is 5.37. The van der Waals surface area contributed by atoms with Gasteiger partial charge in [-0.1, -0.05) is 36.4 Å². The van der Waals surface area contributed by atoms with Crippen LogP contribution < -0.4 is 10.6 Å². The van der Waals surface area contributed by atoms with Crippen molar-refractivity contribution in [1.82, 2.24) is 20.2 Å². The van der Waals surface area contributed by atoms with Crippen LogP contribution in [0, 0.1) is 6.92 Å². The van der Waals surface area contributed by atoms with Crippen LogP contribution in [-0.2, 0) is 6.54 Å². The molecule has 0 fully saturated rings. The van der Waals surface area contributed by atoms with Crippen molar-refractivity contribution < 1.29 is 4.42 Å². The van der Waals surface area contributed by atoms with Gasteiger partial charge in [0.15, 0.2) is 11.6 Å². The first-order chi connectivity index (χ1) is 13.7. The summed E-state index contributed by atoms with van der Waals surface area (Å²) in [4.78, 5) is 9.15. The SMILES string of the molecule is Cc1cc(Nc2cc(NCc3ccco3)nc(/C=C/c3ccccc3)n2)n[nH]1. The first kappa shape index (κ1) is 17.5. The molecule has 0 bridgehead atoms. The normalized spacial score (nSPS) is 11.0. The topological polar surface area (TPSA) is 91.7 Å². The first-order valence-corrected chi connectivity index (χ1v) is 8.92. The zero-order chi connectivity index (χ0) is 19.2. The van der Waals surface area contributed by atoms with E-state index in [1.165, 1.54) is 0 Å². The minimum absolute atomic E-state index is 0.535. The Morgan fingerprint density at radius 1 is 0.964 bits per heavy atom. The average Bonchev–Trinajstić information content (AvgIpc) is 3.37. The molecule has 0 aliphatic rings. The minimum Gasteiger partial charge on any atom is -0.467 e. The molecule has 0 atom stereocenters. The van der Waals surface area contributed by atoms with Crippen LogP contribution in [-0.4, -0.2) is 20.2 Å². The third-order valence-electron chi connectivity index (χ3n) is 3.95. The summed E-state index contributed by atoms with van der Waals surface area (Å²) in [6, 6.07) is 17.6. The maximum atomic E-state index is 5.37. The quantitative estimate of drug-likeness (QED) is 0.438. The third-order valence-corrected chi connectivity index (χ3v) is 3.95. The Hall–Kier alpha value is -3.87. The van der Waals surface area contributed by atoms with E-state index in [0.29, 0.717) is 29.8 Å². The highest BCUT2D eigenvalue weighted by Crippen LogP contribution is 2.18. The number of nitrogens with zero attached hydrogens (tertiary/aromatic N) is 3. The van der Waals surface area contributed by atoms with Crippen molar-refractivity contribution in [3.8, 4) is 0 Å². The van der Waals surface area contributed by atoms with E-state index in [4.69, 9.17) is 4.42 Å². The predicted octanol–water partition coefficient (Wildman–Crippen LogP) is 4.63. The van der Waals surface area contributed by atoms with Gasteiger partial charge in [0.25, 0.3) is 0 Å². The standard InChI is InChI=1S/C21H20N6O/c1-15-12-21(27-26-15)25-20-13-19(22-14-17-8-5-11-28-17)23-18(24-20)10-9-16-6-3-2-4-7-16/h2-13H,14H2,1H3,(H3,22,23,24,25,26,27)/b10-9+. The van der Waals surface area contributed by atoms with E-state index < -0.39 is 0 Å². The molecule has 0 radical (unpaired) electrons. The molecular formula is C21H20N6O. The zero-order valence-corrected chi connectivity index (χ0v) is 15.4. The molecule has 0 aliphatic heterocycles. The van der Waals surface area contributed by atoms with E-state index in [1.807, 2.05) is 73.7 Å². The maximum Gasteiger partial charge on any atom is 0.156 e. The largest absolute Gasteiger partial charge is 0.467 e. The van der Waals surface area contributed by atoms with E-state index in [1.54, 1.807) is 6.26 Å². The van der Waals surface area contributed by atoms with Crippen molar-refractivity contribution in [2.24, 2.45) is 0 Å². The Labute approximate surface area is 162 Å². The van der Waals surface area contributed by atoms with E-state index in [0.717, 1.165) is 17.0 Å². The van der Waals surface area contributed by atoms with Gasteiger partial charge in [-0.3, -0.25) is 5.10 Å². The molecule has 0 spiro atoms. The number of benzene rings is 1. The van der Waals surface area contributed by atoms with E-state index in [-0.39, 0.29) is 0 Å². The second-order valence-corrected chi connectivity index (χ2v) is 6.23. The zero-order valence-electron chi connectivity index (χ0n) is 15.4. The van der Waals surface area contributed by atoms with Gasteiger partial charge < -0.3 is 15.1 Å². The monoisotopic (exact) mass is 372 g/mol. The molecule has 3 N–H and O–H groups in total. The van der Waals surface area contributed by atoms with Crippen LogP contribution in [0.25, 0.3) is 12.2 Å². The summed E-state index contributed by atoms with van der Waals surface area (Å²) in [5, 5.41) is 13.6. The summed E-state index contributed by atoms with van der Waals surface area (Å²) in [5.74, 6) is 3.46. The van der Waals surface area contributed by atoms with Gasteiger partial charge in [-0.15, -0.1) is 0 Å². The Balaban J connectivity index is 1.58. The maximum absolute atomic E-state index is 5.37. The van der Waals surface area contributed by atoms with Crippen LogP contribution in [0.4, 0.5) is 17.5 Å². The fourth-order valence-corrected chi connectivity index (χ4v) is 2.63. The number of aromatic amines is 1. The highest BCUT2D eigenvalue weighted by Gasteiger charge is 2.06. The molecule has 3 aromatic heterocycles. The highest BCUT2D eigenvalue weighted by molar-refractivity contribution is 5.68. The number of anilines is 3. The van der Waals surface area contributed by atoms with Crippen molar-refractivity contribution in [2.75, 3.05) is 10.6 Å². The van der Waals surface area contributed by atoms with Gasteiger partial charge in [0, 0.05) is 17.8 Å². The molecule has 4 aromatic rings. The highest BCUT2D eigenvalue weighted by atomic mass is 16.3. The molecule has 3 heterocycles. The van der Waals surface area contributed by atoms with Gasteiger partial charge in [-0.2, -0.15) is 5.10 Å². The average molecular weight is 372 g/mol. The molecule has 0 unspecified atom stereocenters. The van der Waals surface area contributed by atoms with Crippen molar-refractivity contribution in [1.29, 1.82) is 0 Å². The number of nitrogens with one attached hydrogen (secondary N) is 3. The van der Waals surface area contributed by atoms with Crippen LogP contribution in [0.3, 0.4) is 0 Å². The van der Waals surface area contributed by atoms with Gasteiger partial charge in [0.1, 0.15) is 17.4 Å². The summed E-state index contributed by atoms with van der Waals surface area (Å²) in [5.41, 5.74) is 2.05.